The molecule has 0 saturated heterocycles. The van der Waals surface area contributed by atoms with Crippen LogP contribution in [-0.2, 0) is 9.53 Å². The number of ether oxygens (including phenoxy) is 1. The van der Waals surface area contributed by atoms with Crippen LogP contribution in [-0.4, -0.2) is 24.5 Å². The maximum absolute atomic E-state index is 12.3. The number of nitrogens with one attached hydrogen (secondary N) is 1. The van der Waals surface area contributed by atoms with Gasteiger partial charge in [0.1, 0.15) is 4.88 Å². The number of amides is 1. The molecule has 0 aliphatic carbocycles. The van der Waals surface area contributed by atoms with Gasteiger partial charge in [0.25, 0.3) is 5.91 Å². The minimum absolute atomic E-state index is 0.186. The van der Waals surface area contributed by atoms with Crippen molar-refractivity contribution >= 4 is 33.3 Å². The van der Waals surface area contributed by atoms with Gasteiger partial charge in [-0.05, 0) is 35.9 Å². The van der Waals surface area contributed by atoms with Crippen LogP contribution >= 0.6 is 11.3 Å². The third-order valence-corrected chi connectivity index (χ3v) is 5.33. The van der Waals surface area contributed by atoms with Crippen LogP contribution in [0.15, 0.2) is 60.7 Å². The smallest absolute Gasteiger partial charge is 0.349 e. The lowest BCUT2D eigenvalue weighted by molar-refractivity contribution is -0.129. The third-order valence-electron chi connectivity index (χ3n) is 4.23. The average molecular weight is 367 g/mol. The van der Waals surface area contributed by atoms with Crippen molar-refractivity contribution in [3.63, 3.8) is 0 Å². The van der Waals surface area contributed by atoms with Gasteiger partial charge in [0.15, 0.2) is 6.10 Å². The van der Waals surface area contributed by atoms with E-state index in [1.807, 2.05) is 61.5 Å². The van der Waals surface area contributed by atoms with Crippen molar-refractivity contribution in [2.75, 3.05) is 6.54 Å². The van der Waals surface area contributed by atoms with Gasteiger partial charge in [0.2, 0.25) is 0 Å². The lowest BCUT2D eigenvalue weighted by atomic mass is 10.0. The van der Waals surface area contributed by atoms with Crippen LogP contribution in [0, 0.1) is 0 Å². The van der Waals surface area contributed by atoms with E-state index in [1.54, 1.807) is 13.0 Å². The molecule has 2 atom stereocenters. The van der Waals surface area contributed by atoms with E-state index in [0.717, 1.165) is 15.6 Å². The summed E-state index contributed by atoms with van der Waals surface area (Å²) in [6.45, 7) is 4.13. The molecule has 1 amide bonds. The molecular formula is C21H21NO3S. The molecule has 3 aromatic rings. The monoisotopic (exact) mass is 367 g/mol. The van der Waals surface area contributed by atoms with Gasteiger partial charge < -0.3 is 10.1 Å². The summed E-state index contributed by atoms with van der Waals surface area (Å²) in [6, 6.07) is 19.5. The molecule has 0 bridgehead atoms. The lowest BCUT2D eigenvalue weighted by Crippen LogP contribution is -2.37. The molecule has 4 nitrogen and oxygen atoms in total. The molecule has 3 rings (SSSR count). The zero-order chi connectivity index (χ0) is 18.5. The minimum Gasteiger partial charge on any atom is -0.448 e. The predicted octanol–water partition coefficient (Wildman–Crippen LogP) is 4.37. The van der Waals surface area contributed by atoms with Crippen molar-refractivity contribution in [2.45, 2.75) is 25.9 Å². The van der Waals surface area contributed by atoms with Crippen LogP contribution in [0.4, 0.5) is 0 Å². The molecule has 0 fully saturated rings. The van der Waals surface area contributed by atoms with Gasteiger partial charge in [-0.2, -0.15) is 0 Å². The van der Waals surface area contributed by atoms with E-state index in [1.165, 1.54) is 11.3 Å². The predicted molar refractivity (Wildman–Crippen MR) is 105 cm³/mol. The van der Waals surface area contributed by atoms with Gasteiger partial charge in [-0.15, -0.1) is 11.3 Å². The molecule has 1 heterocycles. The highest BCUT2D eigenvalue weighted by Crippen LogP contribution is 2.26. The van der Waals surface area contributed by atoms with Crippen molar-refractivity contribution in [3.05, 3.63) is 71.1 Å². The first-order valence-corrected chi connectivity index (χ1v) is 9.38. The number of hydrogen-bond donors (Lipinski definition) is 1. The van der Waals surface area contributed by atoms with Crippen LogP contribution in [0.3, 0.4) is 0 Å². The van der Waals surface area contributed by atoms with Gasteiger partial charge in [0.05, 0.1) is 0 Å². The topological polar surface area (TPSA) is 55.4 Å². The first-order valence-electron chi connectivity index (χ1n) is 8.57. The van der Waals surface area contributed by atoms with E-state index >= 15 is 0 Å². The van der Waals surface area contributed by atoms with Crippen molar-refractivity contribution in [2.24, 2.45) is 0 Å². The van der Waals surface area contributed by atoms with Crippen LogP contribution in [0.25, 0.3) is 10.1 Å². The molecule has 0 saturated carbocycles. The molecule has 1 aromatic heterocycles. The van der Waals surface area contributed by atoms with Crippen molar-refractivity contribution in [3.8, 4) is 0 Å². The van der Waals surface area contributed by atoms with Gasteiger partial charge >= 0.3 is 5.97 Å². The average Bonchev–Trinajstić information content (AvgIpc) is 3.10. The zero-order valence-electron chi connectivity index (χ0n) is 14.8. The summed E-state index contributed by atoms with van der Waals surface area (Å²) < 4.78 is 6.35. The molecule has 5 heteroatoms. The Morgan fingerprint density at radius 1 is 1.04 bits per heavy atom. The molecule has 0 aliphatic rings. The molecule has 26 heavy (non-hydrogen) atoms. The molecule has 0 aliphatic heterocycles. The Kier molecular flexibility index (Phi) is 5.68. The Bertz CT molecular complexity index is 871. The number of carbonyl (C=O) groups is 2. The molecule has 0 radical (unpaired) electrons. The summed E-state index contributed by atoms with van der Waals surface area (Å²) in [7, 11) is 0. The Morgan fingerprint density at radius 3 is 2.46 bits per heavy atom. The van der Waals surface area contributed by atoms with Crippen molar-refractivity contribution < 1.29 is 14.3 Å². The van der Waals surface area contributed by atoms with Crippen molar-refractivity contribution in [1.29, 1.82) is 0 Å². The largest absolute Gasteiger partial charge is 0.448 e. The normalized spacial score (nSPS) is 13.2. The molecule has 0 spiro atoms. The first kappa shape index (κ1) is 18.1. The number of benzene rings is 2. The van der Waals surface area contributed by atoms with Crippen LogP contribution in [0.2, 0.25) is 0 Å². The molecule has 0 unspecified atom stereocenters. The second-order valence-electron chi connectivity index (χ2n) is 6.25. The molecule has 1 N–H and O–H groups in total. The fourth-order valence-corrected chi connectivity index (χ4v) is 3.60. The van der Waals surface area contributed by atoms with E-state index in [4.69, 9.17) is 4.74 Å². The fraction of sp³-hybridized carbons (Fsp3) is 0.238. The second-order valence-corrected chi connectivity index (χ2v) is 7.34. The van der Waals surface area contributed by atoms with Gasteiger partial charge in [0, 0.05) is 11.2 Å². The first-order chi connectivity index (χ1) is 12.5. The van der Waals surface area contributed by atoms with E-state index < -0.39 is 12.1 Å². The standard InChI is InChI=1S/C21H21NO3S/c1-14(16-8-4-3-5-9-16)13-22-20(23)15(2)25-21(24)19-12-17-10-6-7-11-18(17)26-19/h3-12,14-15H,13H2,1-2H3,(H,22,23)/t14-,15-/m1/s1. The van der Waals surface area contributed by atoms with Gasteiger partial charge in [-0.3, -0.25) is 4.79 Å². The summed E-state index contributed by atoms with van der Waals surface area (Å²) >= 11 is 1.37. The zero-order valence-corrected chi connectivity index (χ0v) is 15.6. The number of fused-ring (bicyclic) bond motifs is 1. The Labute approximate surface area is 156 Å². The highest BCUT2D eigenvalue weighted by atomic mass is 32.1. The highest BCUT2D eigenvalue weighted by molar-refractivity contribution is 7.20. The maximum Gasteiger partial charge on any atom is 0.349 e. The van der Waals surface area contributed by atoms with Gasteiger partial charge in [-0.1, -0.05) is 55.5 Å². The number of hydrogen-bond acceptors (Lipinski definition) is 4. The number of esters is 1. The van der Waals surface area contributed by atoms with Crippen LogP contribution in [0.5, 0.6) is 0 Å². The minimum atomic E-state index is -0.837. The Morgan fingerprint density at radius 2 is 1.73 bits per heavy atom. The molecule has 2 aromatic carbocycles. The number of rotatable bonds is 6. The molecule has 134 valence electrons. The maximum atomic E-state index is 12.3. The fourth-order valence-electron chi connectivity index (χ4n) is 2.65. The summed E-state index contributed by atoms with van der Waals surface area (Å²) in [5.41, 5.74) is 1.16. The number of thiophene rings is 1. The second kappa shape index (κ2) is 8.15. The van der Waals surface area contributed by atoms with E-state index in [0.29, 0.717) is 11.4 Å². The summed E-state index contributed by atoms with van der Waals surface area (Å²) in [5, 5.41) is 3.85. The summed E-state index contributed by atoms with van der Waals surface area (Å²) in [5.74, 6) is -0.571. The summed E-state index contributed by atoms with van der Waals surface area (Å²) in [4.78, 5) is 25.0. The Balaban J connectivity index is 1.54. The lowest BCUT2D eigenvalue weighted by Gasteiger charge is -2.16. The highest BCUT2D eigenvalue weighted by Gasteiger charge is 2.20. The van der Waals surface area contributed by atoms with E-state index in [-0.39, 0.29) is 11.8 Å². The van der Waals surface area contributed by atoms with E-state index in [2.05, 4.69) is 5.32 Å². The van der Waals surface area contributed by atoms with Crippen LogP contribution in [0.1, 0.15) is 35.0 Å². The quantitative estimate of drug-likeness (QED) is 0.658. The van der Waals surface area contributed by atoms with E-state index in [9.17, 15) is 9.59 Å². The van der Waals surface area contributed by atoms with Crippen molar-refractivity contribution in [1.82, 2.24) is 5.32 Å². The van der Waals surface area contributed by atoms with Gasteiger partial charge in [-0.25, -0.2) is 4.79 Å². The SMILES string of the molecule is C[C@H](CNC(=O)[C@@H](C)OC(=O)c1cc2ccccc2s1)c1ccccc1. The Hall–Kier alpha value is -2.66. The molecular weight excluding hydrogens is 346 g/mol. The third kappa shape index (κ3) is 4.29. The number of carbonyl (C=O) groups excluding carboxylic acids is 2. The van der Waals surface area contributed by atoms with Crippen LogP contribution < -0.4 is 5.32 Å². The summed E-state index contributed by atoms with van der Waals surface area (Å²) in [6.07, 6.45) is -0.837.